The highest BCUT2D eigenvalue weighted by Crippen LogP contribution is 2.39. The molecule has 1 aliphatic heterocycles. The Balaban J connectivity index is 1.21. The predicted molar refractivity (Wildman–Crippen MR) is 196 cm³/mol. The van der Waals surface area contributed by atoms with Gasteiger partial charge in [-0.1, -0.05) is 140 Å². The van der Waals surface area contributed by atoms with E-state index in [1.807, 2.05) is 48.5 Å². The van der Waals surface area contributed by atoms with Crippen molar-refractivity contribution in [3.63, 3.8) is 0 Å². The number of nitrogens with one attached hydrogen (secondary N) is 1. The van der Waals surface area contributed by atoms with Crippen molar-refractivity contribution in [2.75, 3.05) is 13.2 Å². The van der Waals surface area contributed by atoms with Gasteiger partial charge in [0.15, 0.2) is 6.29 Å². The van der Waals surface area contributed by atoms with Gasteiger partial charge in [0.1, 0.15) is 6.61 Å². The quantitative estimate of drug-likeness (QED) is 0.116. The van der Waals surface area contributed by atoms with E-state index in [0.717, 1.165) is 53.0 Å². The Hall–Kier alpha value is -5.05. The van der Waals surface area contributed by atoms with Crippen LogP contribution in [0.25, 0.3) is 11.1 Å². The Morgan fingerprint density at radius 2 is 1.40 bits per heavy atom. The number of alkyl carbamates (subject to hydrolysis) is 1. The molecule has 0 saturated carbocycles. The number of benzene rings is 5. The second-order valence-corrected chi connectivity index (χ2v) is 12.6. The third kappa shape index (κ3) is 9.77. The average Bonchev–Trinajstić information content (AvgIpc) is 3.17. The van der Waals surface area contributed by atoms with Crippen molar-refractivity contribution in [3.8, 4) is 11.1 Å². The van der Waals surface area contributed by atoms with Gasteiger partial charge in [-0.15, -0.1) is 0 Å². The lowest BCUT2D eigenvalue weighted by Gasteiger charge is -2.38. The molecule has 7 nitrogen and oxygen atoms in total. The zero-order valence-corrected chi connectivity index (χ0v) is 28.2. The molecule has 50 heavy (non-hydrogen) atoms. The second-order valence-electron chi connectivity index (χ2n) is 12.6. The molecule has 0 radical (unpaired) electrons. The van der Waals surface area contributed by atoms with E-state index < -0.39 is 12.4 Å². The zero-order valence-electron chi connectivity index (χ0n) is 28.2. The fourth-order valence-corrected chi connectivity index (χ4v) is 6.24. The molecule has 1 aliphatic rings. The van der Waals surface area contributed by atoms with Gasteiger partial charge in [-0.05, 0) is 45.0 Å². The molecule has 0 spiro atoms. The highest BCUT2D eigenvalue weighted by Gasteiger charge is 2.33. The molecule has 5 aromatic rings. The van der Waals surface area contributed by atoms with Crippen molar-refractivity contribution >= 4 is 6.09 Å². The number of hydrogen-bond acceptors (Lipinski definition) is 6. The van der Waals surface area contributed by atoms with Gasteiger partial charge in [0.2, 0.25) is 0 Å². The highest BCUT2D eigenvalue weighted by molar-refractivity contribution is 5.68. The van der Waals surface area contributed by atoms with Gasteiger partial charge in [-0.2, -0.15) is 0 Å². The maximum absolute atomic E-state index is 11.9. The Morgan fingerprint density at radius 1 is 0.760 bits per heavy atom. The van der Waals surface area contributed by atoms with E-state index >= 15 is 0 Å². The van der Waals surface area contributed by atoms with Crippen molar-refractivity contribution in [3.05, 3.63) is 179 Å². The Morgan fingerprint density at radius 3 is 2.04 bits per heavy atom. The Labute approximate surface area is 294 Å². The minimum Gasteiger partial charge on any atom is -0.445 e. The van der Waals surface area contributed by atoms with Crippen molar-refractivity contribution < 1.29 is 24.1 Å². The van der Waals surface area contributed by atoms with Crippen LogP contribution in [0, 0.1) is 0 Å². The molecule has 0 aliphatic carbocycles. The number of amides is 1. The van der Waals surface area contributed by atoms with E-state index in [4.69, 9.17) is 14.2 Å². The van der Waals surface area contributed by atoms with Crippen LogP contribution in [0.4, 0.5) is 4.79 Å². The molecular formula is C43H44N2O5. The normalized spacial score (nSPS) is 17.3. The maximum atomic E-state index is 11.9. The Kier molecular flexibility index (Phi) is 12.2. The summed E-state index contributed by atoms with van der Waals surface area (Å²) < 4.78 is 18.4. The van der Waals surface area contributed by atoms with E-state index in [-0.39, 0.29) is 25.4 Å². The summed E-state index contributed by atoms with van der Waals surface area (Å²) >= 11 is 0. The van der Waals surface area contributed by atoms with Crippen molar-refractivity contribution in [2.45, 2.75) is 51.2 Å². The summed E-state index contributed by atoms with van der Waals surface area (Å²) in [5, 5.41) is 12.4. The van der Waals surface area contributed by atoms with Gasteiger partial charge in [0.25, 0.3) is 0 Å². The number of aliphatic hydroxyl groups is 1. The van der Waals surface area contributed by atoms with E-state index in [0.29, 0.717) is 13.0 Å². The summed E-state index contributed by atoms with van der Waals surface area (Å²) in [6, 6.07) is 45.5. The molecule has 3 atom stereocenters. The molecule has 0 unspecified atom stereocenters. The van der Waals surface area contributed by atoms with Gasteiger partial charge in [0, 0.05) is 38.2 Å². The fraction of sp³-hybridized carbons (Fsp3) is 0.233. The lowest BCUT2D eigenvalue weighted by atomic mass is 9.98. The van der Waals surface area contributed by atoms with Gasteiger partial charge >= 0.3 is 6.09 Å². The number of carbonyl (C=O) groups excluding carboxylic acids is 1. The third-order valence-electron chi connectivity index (χ3n) is 8.79. The smallest absolute Gasteiger partial charge is 0.407 e. The molecule has 1 fully saturated rings. The predicted octanol–water partition coefficient (Wildman–Crippen LogP) is 8.51. The summed E-state index contributed by atoms with van der Waals surface area (Å²) in [5.41, 5.74) is 8.44. The number of hydrogen-bond donors (Lipinski definition) is 2. The number of rotatable bonds is 14. The van der Waals surface area contributed by atoms with Crippen LogP contribution < -0.4 is 5.32 Å². The minimum atomic E-state index is -0.558. The first-order valence-corrected chi connectivity index (χ1v) is 17.1. The largest absolute Gasteiger partial charge is 0.445 e. The molecule has 6 rings (SSSR count). The lowest BCUT2D eigenvalue weighted by molar-refractivity contribution is -0.253. The van der Waals surface area contributed by atoms with Crippen LogP contribution in [0.1, 0.15) is 52.2 Å². The van der Waals surface area contributed by atoms with Crippen LogP contribution in [-0.2, 0) is 40.5 Å². The van der Waals surface area contributed by atoms with Crippen LogP contribution in [-0.4, -0.2) is 35.4 Å². The number of carbonyl (C=O) groups is 1. The summed E-state index contributed by atoms with van der Waals surface area (Å²) in [6.45, 7) is 6.44. The van der Waals surface area contributed by atoms with E-state index in [2.05, 4.69) is 102 Å². The average molecular weight is 669 g/mol. The topological polar surface area (TPSA) is 80.3 Å². The van der Waals surface area contributed by atoms with Crippen LogP contribution in [0.15, 0.2) is 146 Å². The molecular weight excluding hydrogens is 624 g/mol. The van der Waals surface area contributed by atoms with Crippen molar-refractivity contribution in [1.82, 2.24) is 10.2 Å². The fourth-order valence-electron chi connectivity index (χ4n) is 6.24. The monoisotopic (exact) mass is 668 g/mol. The summed E-state index contributed by atoms with van der Waals surface area (Å²) in [5.74, 6) is 0. The maximum Gasteiger partial charge on any atom is 0.407 e. The second kappa shape index (κ2) is 17.6. The van der Waals surface area contributed by atoms with Crippen LogP contribution in [0.5, 0.6) is 0 Å². The summed E-state index contributed by atoms with van der Waals surface area (Å²) in [4.78, 5) is 14.3. The van der Waals surface area contributed by atoms with Crippen LogP contribution in [0.2, 0.25) is 0 Å². The SMILES string of the molecule is C=CCOC(=O)NCc1cccc(-c2ccc([C@H]3O[C@@H](CN(Cc4ccccc4)Cc4ccccc4)C[C@@H](c4ccc(CO)cc4)O3)cc2)c1. The van der Waals surface area contributed by atoms with E-state index in [9.17, 15) is 9.90 Å². The highest BCUT2D eigenvalue weighted by atomic mass is 16.7. The van der Waals surface area contributed by atoms with Crippen LogP contribution >= 0.6 is 0 Å². The molecule has 256 valence electrons. The number of ether oxygens (including phenoxy) is 3. The number of aliphatic hydroxyl groups excluding tert-OH is 1. The number of nitrogens with zero attached hydrogens (tertiary/aromatic N) is 1. The Bertz CT molecular complexity index is 1750. The lowest BCUT2D eigenvalue weighted by Crippen LogP contribution is -2.39. The zero-order chi connectivity index (χ0) is 34.5. The molecule has 0 bridgehead atoms. The van der Waals surface area contributed by atoms with E-state index in [1.165, 1.54) is 17.2 Å². The first-order valence-electron chi connectivity index (χ1n) is 17.1. The van der Waals surface area contributed by atoms with Crippen molar-refractivity contribution in [2.24, 2.45) is 0 Å². The standard InChI is InChI=1S/C43H44N2O5/c1-2-24-48-43(47)44-27-35-14-9-15-39(25-35)36-20-22-38(23-21-36)42-49-40(26-41(50-42)37-18-16-34(31-46)17-19-37)30-45(28-32-10-5-3-6-11-32)29-33-12-7-4-8-13-33/h2-23,25,40-42,46H,1,24,26-31H2,(H,44,47)/t40-,41+,42+/m1/s1. The molecule has 5 aromatic carbocycles. The summed E-state index contributed by atoms with van der Waals surface area (Å²) in [7, 11) is 0. The molecule has 0 aromatic heterocycles. The molecule has 1 heterocycles. The third-order valence-corrected chi connectivity index (χ3v) is 8.79. The van der Waals surface area contributed by atoms with Gasteiger partial charge in [-0.25, -0.2) is 4.79 Å². The minimum absolute atomic E-state index is 0.00212. The molecule has 1 saturated heterocycles. The van der Waals surface area contributed by atoms with E-state index in [1.54, 1.807) is 0 Å². The first-order chi connectivity index (χ1) is 24.6. The molecule has 7 heteroatoms. The van der Waals surface area contributed by atoms with Gasteiger partial charge in [0.05, 0.1) is 18.8 Å². The van der Waals surface area contributed by atoms with Crippen LogP contribution in [0.3, 0.4) is 0 Å². The van der Waals surface area contributed by atoms with Gasteiger partial charge < -0.3 is 24.6 Å². The first kappa shape index (κ1) is 34.8. The molecule has 1 amide bonds. The molecule has 2 N–H and O–H groups in total. The van der Waals surface area contributed by atoms with Crippen molar-refractivity contribution in [1.29, 1.82) is 0 Å². The van der Waals surface area contributed by atoms with Gasteiger partial charge in [-0.3, -0.25) is 4.90 Å². The summed E-state index contributed by atoms with van der Waals surface area (Å²) in [6.07, 6.45) is 0.939.